The minimum Gasteiger partial charge on any atom is -0.466 e. The van der Waals surface area contributed by atoms with Crippen LogP contribution in [0.25, 0.3) is 0 Å². The van der Waals surface area contributed by atoms with E-state index in [-0.39, 0.29) is 16.7 Å². The summed E-state index contributed by atoms with van der Waals surface area (Å²) in [5.41, 5.74) is 0.165. The number of halogens is 1. The Hall–Kier alpha value is -2.35. The number of rotatable bonds is 10. The molecule has 1 rings (SSSR count). The van der Waals surface area contributed by atoms with Crippen molar-refractivity contribution >= 4 is 35.0 Å². The molecule has 0 heterocycles. The molecule has 0 aliphatic rings. The minimum atomic E-state index is -0.558. The number of ether oxygens (including phenoxy) is 1. The molecular weight excluding hydrogens is 350 g/mol. The predicted octanol–water partition coefficient (Wildman–Crippen LogP) is 3.88. The molecule has 0 aliphatic carbocycles. The number of nitrogens with zero attached hydrogens (tertiary/aromatic N) is 1. The summed E-state index contributed by atoms with van der Waals surface area (Å²) in [5.74, 6) is -0.181. The molecular formula is C16H22ClN3O5. The number of benzene rings is 1. The van der Waals surface area contributed by atoms with Crippen molar-refractivity contribution in [2.75, 3.05) is 18.5 Å². The van der Waals surface area contributed by atoms with Crippen molar-refractivity contribution in [3.8, 4) is 0 Å². The quantitative estimate of drug-likeness (QED) is 0.280. The highest BCUT2D eigenvalue weighted by Gasteiger charge is 2.11. The van der Waals surface area contributed by atoms with Gasteiger partial charge < -0.3 is 15.4 Å². The summed E-state index contributed by atoms with van der Waals surface area (Å²) >= 11 is 5.90. The number of nitro benzene ring substituents is 1. The molecule has 0 atom stereocenters. The molecule has 1 aromatic carbocycles. The molecule has 0 saturated carbocycles. The largest absolute Gasteiger partial charge is 0.466 e. The van der Waals surface area contributed by atoms with Crippen LogP contribution in [-0.2, 0) is 9.53 Å². The summed E-state index contributed by atoms with van der Waals surface area (Å²) in [7, 11) is 0. The number of unbranched alkanes of at least 4 members (excludes halogenated alkanes) is 3. The average Bonchev–Trinajstić information content (AvgIpc) is 2.56. The first-order valence-electron chi connectivity index (χ1n) is 8.08. The van der Waals surface area contributed by atoms with Gasteiger partial charge in [-0.3, -0.25) is 14.9 Å². The summed E-state index contributed by atoms with van der Waals surface area (Å²) in [4.78, 5) is 33.0. The van der Waals surface area contributed by atoms with Crippen LogP contribution in [-0.4, -0.2) is 30.1 Å². The number of anilines is 1. The first-order chi connectivity index (χ1) is 11.9. The highest BCUT2D eigenvalue weighted by molar-refractivity contribution is 6.33. The fourth-order valence-corrected chi connectivity index (χ4v) is 2.29. The molecule has 0 aromatic heterocycles. The van der Waals surface area contributed by atoms with Crippen LogP contribution in [0.3, 0.4) is 0 Å². The van der Waals surface area contributed by atoms with Gasteiger partial charge in [-0.25, -0.2) is 4.79 Å². The van der Waals surface area contributed by atoms with Crippen molar-refractivity contribution in [2.24, 2.45) is 0 Å². The number of carbonyl (C=O) groups excluding carboxylic acids is 2. The number of hydrogen-bond acceptors (Lipinski definition) is 5. The Kier molecular flexibility index (Phi) is 9.31. The smallest absolute Gasteiger partial charge is 0.319 e. The van der Waals surface area contributed by atoms with Gasteiger partial charge in [-0.2, -0.15) is 0 Å². The molecule has 0 radical (unpaired) electrons. The number of nitro groups is 1. The summed E-state index contributed by atoms with van der Waals surface area (Å²) in [6, 6.07) is 3.41. The second-order valence-electron chi connectivity index (χ2n) is 5.27. The molecule has 9 heteroatoms. The zero-order valence-electron chi connectivity index (χ0n) is 14.0. The van der Waals surface area contributed by atoms with E-state index in [1.165, 1.54) is 18.2 Å². The van der Waals surface area contributed by atoms with Crippen LogP contribution in [0.2, 0.25) is 5.02 Å². The van der Waals surface area contributed by atoms with E-state index in [2.05, 4.69) is 10.6 Å². The van der Waals surface area contributed by atoms with Gasteiger partial charge in [0.1, 0.15) is 0 Å². The first-order valence-corrected chi connectivity index (χ1v) is 8.46. The van der Waals surface area contributed by atoms with E-state index in [9.17, 15) is 19.7 Å². The maximum Gasteiger partial charge on any atom is 0.319 e. The van der Waals surface area contributed by atoms with Crippen LogP contribution >= 0.6 is 11.6 Å². The van der Waals surface area contributed by atoms with E-state index in [1.54, 1.807) is 6.92 Å². The molecule has 1 aromatic rings. The lowest BCUT2D eigenvalue weighted by atomic mass is 10.1. The van der Waals surface area contributed by atoms with Gasteiger partial charge in [-0.15, -0.1) is 0 Å². The zero-order valence-corrected chi connectivity index (χ0v) is 14.8. The van der Waals surface area contributed by atoms with E-state index in [1.807, 2.05) is 0 Å². The Balaban J connectivity index is 2.19. The molecule has 8 nitrogen and oxygen atoms in total. The second kappa shape index (κ2) is 11.2. The monoisotopic (exact) mass is 371 g/mol. The lowest BCUT2D eigenvalue weighted by molar-refractivity contribution is -0.384. The molecule has 0 bridgehead atoms. The van der Waals surface area contributed by atoms with Crippen molar-refractivity contribution in [1.29, 1.82) is 0 Å². The van der Waals surface area contributed by atoms with E-state index in [0.717, 1.165) is 25.7 Å². The fraction of sp³-hybridized carbons (Fsp3) is 0.500. The predicted molar refractivity (Wildman–Crippen MR) is 94.8 cm³/mol. The van der Waals surface area contributed by atoms with Crippen LogP contribution in [0.15, 0.2) is 18.2 Å². The van der Waals surface area contributed by atoms with Gasteiger partial charge in [0, 0.05) is 25.1 Å². The van der Waals surface area contributed by atoms with Crippen molar-refractivity contribution in [2.45, 2.75) is 39.0 Å². The molecule has 2 N–H and O–H groups in total. The van der Waals surface area contributed by atoms with Gasteiger partial charge in [0.25, 0.3) is 5.69 Å². The van der Waals surface area contributed by atoms with Gasteiger partial charge in [-0.05, 0) is 25.8 Å². The van der Waals surface area contributed by atoms with Crippen LogP contribution in [0, 0.1) is 10.1 Å². The van der Waals surface area contributed by atoms with Gasteiger partial charge in [0.2, 0.25) is 0 Å². The van der Waals surface area contributed by atoms with Crippen molar-refractivity contribution in [3.63, 3.8) is 0 Å². The third-order valence-corrected chi connectivity index (χ3v) is 3.62. The van der Waals surface area contributed by atoms with E-state index in [4.69, 9.17) is 16.3 Å². The molecule has 0 aliphatic heterocycles. The number of carbonyl (C=O) groups is 2. The number of hydrogen-bond donors (Lipinski definition) is 2. The zero-order chi connectivity index (χ0) is 18.7. The number of urea groups is 1. The van der Waals surface area contributed by atoms with E-state index in [0.29, 0.717) is 25.3 Å². The maximum absolute atomic E-state index is 11.8. The number of esters is 1. The fourth-order valence-electron chi connectivity index (χ4n) is 2.07. The Labute approximate surface area is 151 Å². The average molecular weight is 372 g/mol. The van der Waals surface area contributed by atoms with Gasteiger partial charge >= 0.3 is 12.0 Å². The van der Waals surface area contributed by atoms with Crippen molar-refractivity contribution in [3.05, 3.63) is 33.3 Å². The standard InChI is InChI=1S/C16H22ClN3O5/c1-2-25-15(21)7-5-3-4-6-10-18-16(22)19-14-9-8-12(20(23)24)11-13(14)17/h8-9,11H,2-7,10H2,1H3,(H2,18,19,22). The van der Waals surface area contributed by atoms with Gasteiger partial charge in [0.15, 0.2) is 0 Å². The van der Waals surface area contributed by atoms with Crippen molar-refractivity contribution in [1.82, 2.24) is 5.32 Å². The Morgan fingerprint density at radius 3 is 2.60 bits per heavy atom. The third-order valence-electron chi connectivity index (χ3n) is 3.31. The molecule has 138 valence electrons. The molecule has 25 heavy (non-hydrogen) atoms. The molecule has 0 saturated heterocycles. The molecule has 0 spiro atoms. The van der Waals surface area contributed by atoms with E-state index >= 15 is 0 Å². The number of amides is 2. The minimum absolute atomic E-state index is 0.100. The van der Waals surface area contributed by atoms with Crippen LogP contribution in [0.5, 0.6) is 0 Å². The normalized spacial score (nSPS) is 10.2. The van der Waals surface area contributed by atoms with Gasteiger partial charge in [-0.1, -0.05) is 24.4 Å². The van der Waals surface area contributed by atoms with Crippen LogP contribution in [0.1, 0.15) is 39.0 Å². The van der Waals surface area contributed by atoms with Gasteiger partial charge in [0.05, 0.1) is 22.2 Å². The summed E-state index contributed by atoms with van der Waals surface area (Å²) in [6.07, 6.45) is 3.74. The Morgan fingerprint density at radius 2 is 1.96 bits per heavy atom. The number of nitrogens with one attached hydrogen (secondary N) is 2. The lowest BCUT2D eigenvalue weighted by Crippen LogP contribution is -2.29. The lowest BCUT2D eigenvalue weighted by Gasteiger charge is -2.09. The molecule has 0 fully saturated rings. The highest BCUT2D eigenvalue weighted by Crippen LogP contribution is 2.26. The summed E-state index contributed by atoms with van der Waals surface area (Å²) in [5, 5.41) is 16.0. The summed E-state index contributed by atoms with van der Waals surface area (Å²) < 4.78 is 4.84. The topological polar surface area (TPSA) is 111 Å². The second-order valence-corrected chi connectivity index (χ2v) is 5.68. The van der Waals surface area contributed by atoms with Crippen LogP contribution in [0.4, 0.5) is 16.2 Å². The first kappa shape index (κ1) is 20.7. The highest BCUT2D eigenvalue weighted by atomic mass is 35.5. The SMILES string of the molecule is CCOC(=O)CCCCCCNC(=O)Nc1ccc([N+](=O)[O-])cc1Cl. The Morgan fingerprint density at radius 1 is 1.24 bits per heavy atom. The van der Waals surface area contributed by atoms with E-state index < -0.39 is 11.0 Å². The number of non-ortho nitro benzene ring substituents is 1. The Bertz CT molecular complexity index is 609. The molecule has 0 unspecified atom stereocenters. The van der Waals surface area contributed by atoms with Crippen LogP contribution < -0.4 is 10.6 Å². The molecule has 2 amide bonds. The summed E-state index contributed by atoms with van der Waals surface area (Å²) in [6.45, 7) is 2.66. The van der Waals surface area contributed by atoms with Crippen molar-refractivity contribution < 1.29 is 19.2 Å². The maximum atomic E-state index is 11.8. The third kappa shape index (κ3) is 8.35.